The molecule has 0 unspecified atom stereocenters. The Morgan fingerprint density at radius 2 is 1.90 bits per heavy atom. The summed E-state index contributed by atoms with van der Waals surface area (Å²) in [6.07, 6.45) is 9.26. The topological polar surface area (TPSA) is 80.0 Å². The van der Waals surface area contributed by atoms with Gasteiger partial charge in [-0.3, -0.25) is 4.98 Å². The summed E-state index contributed by atoms with van der Waals surface area (Å²) in [5.74, 6) is 0. The number of aromatic nitrogens is 1. The van der Waals surface area contributed by atoms with Gasteiger partial charge in [0.1, 0.15) is 6.07 Å². The van der Waals surface area contributed by atoms with Crippen molar-refractivity contribution in [3.8, 4) is 17.2 Å². The minimum Gasteiger partial charge on any atom is -0.384 e. The number of ether oxygens (including phenoxy) is 1. The molecule has 0 radical (unpaired) electrons. The van der Waals surface area contributed by atoms with Gasteiger partial charge in [0.2, 0.25) is 0 Å². The normalized spacial score (nSPS) is 18.0. The van der Waals surface area contributed by atoms with Crippen LogP contribution in [0, 0.1) is 11.3 Å². The molecule has 1 aromatic carbocycles. The second-order valence-electron chi connectivity index (χ2n) is 8.68. The minimum atomic E-state index is -3.34. The Hall–Kier alpha value is -2.23. The molecule has 0 atom stereocenters. The van der Waals surface area contributed by atoms with Gasteiger partial charge < -0.3 is 4.74 Å². The molecule has 1 saturated carbocycles. The smallest absolute Gasteiger partial charge is 0.175 e. The maximum absolute atomic E-state index is 12.2. The Labute approximate surface area is 179 Å². The van der Waals surface area contributed by atoms with E-state index in [1.807, 2.05) is 6.07 Å². The van der Waals surface area contributed by atoms with Crippen molar-refractivity contribution in [3.05, 3.63) is 46.8 Å². The van der Waals surface area contributed by atoms with Crippen LogP contribution < -0.4 is 0 Å². The van der Waals surface area contributed by atoms with Crippen LogP contribution in [0.4, 0.5) is 0 Å². The number of hydrogen-bond acceptors (Lipinski definition) is 5. The average molecular weight is 425 g/mol. The number of fused-ring (bicyclic) bond motifs is 1. The Balaban J connectivity index is 2.02. The highest BCUT2D eigenvalue weighted by molar-refractivity contribution is 7.90. The summed E-state index contributed by atoms with van der Waals surface area (Å²) >= 11 is 0. The third kappa shape index (κ3) is 3.66. The van der Waals surface area contributed by atoms with Crippen LogP contribution >= 0.6 is 0 Å². The van der Waals surface area contributed by atoms with Crippen LogP contribution in [-0.4, -0.2) is 33.4 Å². The van der Waals surface area contributed by atoms with Crippen molar-refractivity contribution in [1.29, 1.82) is 5.26 Å². The van der Waals surface area contributed by atoms with Gasteiger partial charge >= 0.3 is 0 Å². The molecule has 1 aromatic heterocycles. The molecule has 6 heteroatoms. The van der Waals surface area contributed by atoms with E-state index in [0.717, 1.165) is 79.4 Å². The SMILES string of the molecule is COCC1(c2nc3c(c(-c4cccc(S(C)(=O)=O)c4)c2C#N)CCCC3)CCCC1. The number of sulfone groups is 1. The highest BCUT2D eigenvalue weighted by Gasteiger charge is 2.41. The van der Waals surface area contributed by atoms with E-state index in [1.54, 1.807) is 25.3 Å². The third-order valence-electron chi connectivity index (χ3n) is 6.62. The molecule has 0 N–H and O–H groups in total. The fourth-order valence-electron chi connectivity index (χ4n) is 5.21. The molecule has 1 fully saturated rings. The molecule has 4 rings (SSSR count). The molecule has 5 nitrogen and oxygen atoms in total. The molecule has 2 aliphatic carbocycles. The summed E-state index contributed by atoms with van der Waals surface area (Å²) in [7, 11) is -1.63. The summed E-state index contributed by atoms with van der Waals surface area (Å²) in [4.78, 5) is 5.37. The van der Waals surface area contributed by atoms with Gasteiger partial charge in [0.15, 0.2) is 9.84 Å². The van der Waals surface area contributed by atoms with Crippen molar-refractivity contribution in [2.45, 2.75) is 61.7 Å². The van der Waals surface area contributed by atoms with Gasteiger partial charge in [0.05, 0.1) is 22.8 Å². The van der Waals surface area contributed by atoms with Gasteiger partial charge in [-0.25, -0.2) is 8.42 Å². The predicted octanol–water partition coefficient (Wildman–Crippen LogP) is 4.36. The van der Waals surface area contributed by atoms with Crippen LogP contribution in [0.25, 0.3) is 11.1 Å². The minimum absolute atomic E-state index is 0.241. The zero-order chi connectivity index (χ0) is 21.4. The zero-order valence-electron chi connectivity index (χ0n) is 17.7. The number of methoxy groups -OCH3 is 1. The Morgan fingerprint density at radius 3 is 2.57 bits per heavy atom. The van der Waals surface area contributed by atoms with E-state index >= 15 is 0 Å². The van der Waals surface area contributed by atoms with Gasteiger partial charge in [-0.1, -0.05) is 25.0 Å². The molecule has 2 aliphatic rings. The molecule has 2 aromatic rings. The highest BCUT2D eigenvalue weighted by Crippen LogP contribution is 2.45. The van der Waals surface area contributed by atoms with Crippen molar-refractivity contribution in [3.63, 3.8) is 0 Å². The van der Waals surface area contributed by atoms with Crippen LogP contribution in [0.1, 0.15) is 61.0 Å². The summed E-state index contributed by atoms with van der Waals surface area (Å²) in [6.45, 7) is 0.552. The predicted molar refractivity (Wildman–Crippen MR) is 116 cm³/mol. The monoisotopic (exact) mass is 424 g/mol. The van der Waals surface area contributed by atoms with Crippen molar-refractivity contribution in [1.82, 2.24) is 4.98 Å². The number of hydrogen-bond donors (Lipinski definition) is 0. The van der Waals surface area contributed by atoms with E-state index in [9.17, 15) is 13.7 Å². The number of benzene rings is 1. The van der Waals surface area contributed by atoms with Gasteiger partial charge in [0, 0.05) is 30.0 Å². The number of nitriles is 1. The quantitative estimate of drug-likeness (QED) is 0.712. The first-order valence-corrected chi connectivity index (χ1v) is 12.5. The van der Waals surface area contributed by atoms with Crippen LogP contribution in [-0.2, 0) is 32.8 Å². The van der Waals surface area contributed by atoms with Crippen molar-refractivity contribution < 1.29 is 13.2 Å². The van der Waals surface area contributed by atoms with Crippen molar-refractivity contribution >= 4 is 9.84 Å². The Kier molecular flexibility index (Phi) is 5.69. The maximum Gasteiger partial charge on any atom is 0.175 e. The number of pyridine rings is 1. The highest BCUT2D eigenvalue weighted by atomic mass is 32.2. The van der Waals surface area contributed by atoms with E-state index < -0.39 is 9.84 Å². The fraction of sp³-hybridized carbons (Fsp3) is 0.500. The second-order valence-corrected chi connectivity index (χ2v) is 10.7. The molecule has 1 heterocycles. The van der Waals surface area contributed by atoms with Crippen molar-refractivity contribution in [2.24, 2.45) is 0 Å². The van der Waals surface area contributed by atoms with Gasteiger partial charge in [0.25, 0.3) is 0 Å². The molecule has 0 saturated heterocycles. The largest absolute Gasteiger partial charge is 0.384 e. The first kappa shape index (κ1) is 21.0. The van der Waals surface area contributed by atoms with E-state index in [0.29, 0.717) is 12.2 Å². The summed E-state index contributed by atoms with van der Waals surface area (Å²) in [5.41, 5.74) is 5.06. The average Bonchev–Trinajstić information content (AvgIpc) is 3.21. The van der Waals surface area contributed by atoms with Crippen LogP contribution in [0.3, 0.4) is 0 Å². The fourth-order valence-corrected chi connectivity index (χ4v) is 5.88. The van der Waals surface area contributed by atoms with Crippen LogP contribution in [0.15, 0.2) is 29.2 Å². The number of nitrogens with zero attached hydrogens (tertiary/aromatic N) is 2. The summed E-state index contributed by atoms with van der Waals surface area (Å²) in [6, 6.07) is 9.47. The van der Waals surface area contributed by atoms with E-state index in [-0.39, 0.29) is 10.3 Å². The van der Waals surface area contributed by atoms with Gasteiger partial charge in [-0.2, -0.15) is 5.26 Å². The first-order valence-electron chi connectivity index (χ1n) is 10.7. The molecule has 158 valence electrons. The second kappa shape index (κ2) is 8.13. The van der Waals surface area contributed by atoms with E-state index in [4.69, 9.17) is 9.72 Å². The molecule has 0 aliphatic heterocycles. The Bertz CT molecular complexity index is 1110. The van der Waals surface area contributed by atoms with Crippen molar-refractivity contribution in [2.75, 3.05) is 20.0 Å². The molecular formula is C24H28N2O3S. The standard InChI is InChI=1S/C24H28N2O3S/c1-29-16-24(12-5-6-13-24)23-20(15-25)22(19-10-3-4-11-21(19)26-23)17-8-7-9-18(14-17)30(2,27)28/h7-9,14H,3-6,10-13,16H2,1-2H3. The van der Waals surface area contributed by atoms with Crippen LogP contribution in [0.5, 0.6) is 0 Å². The van der Waals surface area contributed by atoms with Gasteiger partial charge in [-0.15, -0.1) is 0 Å². The Morgan fingerprint density at radius 1 is 1.17 bits per heavy atom. The number of aryl methyl sites for hydroxylation is 1. The lowest BCUT2D eigenvalue weighted by Gasteiger charge is -2.32. The molecular weight excluding hydrogens is 396 g/mol. The molecule has 30 heavy (non-hydrogen) atoms. The molecule has 0 spiro atoms. The lowest BCUT2D eigenvalue weighted by molar-refractivity contribution is 0.129. The molecule has 0 bridgehead atoms. The lowest BCUT2D eigenvalue weighted by Crippen LogP contribution is -2.32. The summed E-state index contributed by atoms with van der Waals surface area (Å²) < 4.78 is 30.0. The van der Waals surface area contributed by atoms with E-state index in [2.05, 4.69) is 6.07 Å². The third-order valence-corrected chi connectivity index (χ3v) is 7.73. The maximum atomic E-state index is 12.2. The number of rotatable bonds is 5. The zero-order valence-corrected chi connectivity index (χ0v) is 18.5. The molecule has 0 amide bonds. The lowest BCUT2D eigenvalue weighted by atomic mass is 9.77. The van der Waals surface area contributed by atoms with Gasteiger partial charge in [-0.05, 0) is 61.8 Å². The summed E-state index contributed by atoms with van der Waals surface area (Å²) in [5, 5.41) is 10.3. The first-order chi connectivity index (χ1) is 14.4. The van der Waals surface area contributed by atoms with E-state index in [1.165, 1.54) is 6.26 Å². The van der Waals surface area contributed by atoms with Crippen LogP contribution in [0.2, 0.25) is 0 Å².